The number of sulfone groups is 1. The van der Waals surface area contributed by atoms with E-state index in [4.69, 9.17) is 11.6 Å². The van der Waals surface area contributed by atoms with Crippen LogP contribution in [-0.4, -0.2) is 45.5 Å². The summed E-state index contributed by atoms with van der Waals surface area (Å²) in [5, 5.41) is -0.608. The van der Waals surface area contributed by atoms with Gasteiger partial charge in [-0.25, -0.2) is 21.6 Å². The second kappa shape index (κ2) is 5.86. The highest BCUT2D eigenvalue weighted by Crippen LogP contribution is 2.19. The lowest BCUT2D eigenvalue weighted by Gasteiger charge is -2.24. The average Bonchev–Trinajstić information content (AvgIpc) is 2.25. The van der Waals surface area contributed by atoms with Crippen molar-refractivity contribution >= 4 is 31.5 Å². The molecule has 1 unspecified atom stereocenters. The molecule has 5 nitrogen and oxygen atoms in total. The summed E-state index contributed by atoms with van der Waals surface area (Å²) in [6.07, 6.45) is 0.973. The van der Waals surface area contributed by atoms with E-state index in [2.05, 4.69) is 4.72 Å². The zero-order chi connectivity index (χ0) is 13.1. The van der Waals surface area contributed by atoms with Gasteiger partial charge in [0.2, 0.25) is 10.0 Å². The molecule has 0 saturated carbocycles. The van der Waals surface area contributed by atoms with E-state index >= 15 is 0 Å². The minimum absolute atomic E-state index is 0.0454. The fourth-order valence-corrected chi connectivity index (χ4v) is 5.67. The van der Waals surface area contributed by atoms with Crippen molar-refractivity contribution < 1.29 is 16.8 Å². The molecule has 0 spiro atoms. The van der Waals surface area contributed by atoms with Crippen molar-refractivity contribution in [2.75, 3.05) is 17.4 Å². The molecule has 8 heteroatoms. The van der Waals surface area contributed by atoms with E-state index in [0.29, 0.717) is 6.42 Å². The molecule has 0 aromatic rings. The first-order valence-electron chi connectivity index (χ1n) is 5.58. The number of sulfonamides is 1. The van der Waals surface area contributed by atoms with Crippen molar-refractivity contribution in [2.45, 2.75) is 37.5 Å². The van der Waals surface area contributed by atoms with E-state index in [1.54, 1.807) is 0 Å². The summed E-state index contributed by atoms with van der Waals surface area (Å²) in [5.74, 6) is 0.132. The Bertz CT molecular complexity index is 428. The Morgan fingerprint density at radius 1 is 1.35 bits per heavy atom. The third-order valence-electron chi connectivity index (χ3n) is 2.95. The molecule has 0 bridgehead atoms. The smallest absolute Gasteiger partial charge is 0.214 e. The van der Waals surface area contributed by atoms with Crippen LogP contribution >= 0.6 is 11.6 Å². The Labute approximate surface area is 108 Å². The van der Waals surface area contributed by atoms with Crippen molar-refractivity contribution in [2.24, 2.45) is 0 Å². The SMILES string of the molecule is CCC(CCl)NS(=O)(=O)C1CCS(=O)(=O)CC1. The van der Waals surface area contributed by atoms with Crippen LogP contribution in [0.15, 0.2) is 0 Å². The van der Waals surface area contributed by atoms with Gasteiger partial charge in [0.25, 0.3) is 0 Å². The van der Waals surface area contributed by atoms with Crippen LogP contribution in [-0.2, 0) is 19.9 Å². The van der Waals surface area contributed by atoms with E-state index in [9.17, 15) is 16.8 Å². The van der Waals surface area contributed by atoms with Crippen LogP contribution in [0.2, 0.25) is 0 Å². The minimum Gasteiger partial charge on any atom is -0.229 e. The van der Waals surface area contributed by atoms with Crippen molar-refractivity contribution in [3.63, 3.8) is 0 Å². The highest BCUT2D eigenvalue weighted by molar-refractivity contribution is 7.92. The van der Waals surface area contributed by atoms with Gasteiger partial charge in [-0.05, 0) is 19.3 Å². The zero-order valence-corrected chi connectivity index (χ0v) is 12.1. The highest BCUT2D eigenvalue weighted by atomic mass is 35.5. The molecule has 1 aliphatic rings. The standard InChI is InChI=1S/C9H18ClNO4S2/c1-2-8(7-10)11-17(14,15)9-3-5-16(12,13)6-4-9/h8-9,11H,2-7H2,1H3. The molecule has 1 N–H and O–H groups in total. The Hall–Kier alpha value is 0.150. The Kier molecular flexibility index (Phi) is 5.24. The number of halogens is 1. The second-order valence-electron chi connectivity index (χ2n) is 4.27. The molecular formula is C9H18ClNO4S2. The summed E-state index contributed by atoms with van der Waals surface area (Å²) in [5.41, 5.74) is 0. The number of hydrogen-bond acceptors (Lipinski definition) is 4. The number of hydrogen-bond donors (Lipinski definition) is 1. The van der Waals surface area contributed by atoms with Crippen LogP contribution in [0.4, 0.5) is 0 Å². The van der Waals surface area contributed by atoms with Gasteiger partial charge < -0.3 is 0 Å². The average molecular weight is 304 g/mol. The first kappa shape index (κ1) is 15.2. The first-order chi connectivity index (χ1) is 7.80. The van der Waals surface area contributed by atoms with Gasteiger partial charge in [-0.2, -0.15) is 0 Å². The number of alkyl halides is 1. The molecule has 1 aliphatic heterocycles. The van der Waals surface area contributed by atoms with Crippen molar-refractivity contribution in [1.82, 2.24) is 4.72 Å². The van der Waals surface area contributed by atoms with Gasteiger partial charge in [-0.3, -0.25) is 0 Å². The van der Waals surface area contributed by atoms with Crippen LogP contribution in [0.3, 0.4) is 0 Å². The second-order valence-corrected chi connectivity index (χ2v) is 8.88. The van der Waals surface area contributed by atoms with Gasteiger partial charge in [0.1, 0.15) is 9.84 Å². The monoisotopic (exact) mass is 303 g/mol. The fraction of sp³-hybridized carbons (Fsp3) is 1.00. The molecule has 0 aromatic heterocycles. The lowest BCUT2D eigenvalue weighted by molar-refractivity contribution is 0.527. The molecule has 0 aromatic carbocycles. The maximum atomic E-state index is 12.0. The summed E-state index contributed by atoms with van der Waals surface area (Å²) in [7, 11) is -6.49. The summed E-state index contributed by atoms with van der Waals surface area (Å²) in [6, 6.07) is -0.278. The molecule has 1 rings (SSSR count). The van der Waals surface area contributed by atoms with Crippen molar-refractivity contribution in [1.29, 1.82) is 0 Å². The third kappa shape index (κ3) is 4.39. The zero-order valence-electron chi connectivity index (χ0n) is 9.72. The normalized spacial score (nSPS) is 23.4. The van der Waals surface area contributed by atoms with Crippen LogP contribution in [0.1, 0.15) is 26.2 Å². The molecule has 102 valence electrons. The van der Waals surface area contributed by atoms with E-state index in [1.807, 2.05) is 6.92 Å². The molecule has 0 radical (unpaired) electrons. The predicted molar refractivity (Wildman–Crippen MR) is 68.5 cm³/mol. The first-order valence-corrected chi connectivity index (χ1v) is 9.48. The fourth-order valence-electron chi connectivity index (χ4n) is 1.73. The van der Waals surface area contributed by atoms with Crippen LogP contribution in [0.25, 0.3) is 0 Å². The number of rotatable bonds is 5. The van der Waals surface area contributed by atoms with Gasteiger partial charge >= 0.3 is 0 Å². The lowest BCUT2D eigenvalue weighted by atomic mass is 10.2. The molecule has 0 aliphatic carbocycles. The molecular weight excluding hydrogens is 286 g/mol. The molecule has 1 atom stereocenters. The molecule has 1 fully saturated rings. The molecule has 17 heavy (non-hydrogen) atoms. The minimum atomic E-state index is -3.46. The van der Waals surface area contributed by atoms with E-state index in [-0.39, 0.29) is 36.3 Å². The summed E-state index contributed by atoms with van der Waals surface area (Å²) >= 11 is 5.64. The van der Waals surface area contributed by atoms with Gasteiger partial charge in [-0.1, -0.05) is 6.92 Å². The molecule has 1 saturated heterocycles. The molecule has 1 heterocycles. The van der Waals surface area contributed by atoms with Crippen molar-refractivity contribution in [3.05, 3.63) is 0 Å². The number of nitrogens with one attached hydrogen (secondary N) is 1. The third-order valence-corrected chi connectivity index (χ3v) is 7.05. The summed E-state index contributed by atoms with van der Waals surface area (Å²) in [4.78, 5) is 0. The summed E-state index contributed by atoms with van der Waals surface area (Å²) in [6.45, 7) is 1.85. The van der Waals surface area contributed by atoms with Crippen LogP contribution in [0, 0.1) is 0 Å². The van der Waals surface area contributed by atoms with Gasteiger partial charge in [0.05, 0.1) is 16.8 Å². The van der Waals surface area contributed by atoms with Gasteiger partial charge in [-0.15, -0.1) is 11.6 Å². The maximum Gasteiger partial charge on any atom is 0.214 e. The topological polar surface area (TPSA) is 80.3 Å². The van der Waals surface area contributed by atoms with Crippen LogP contribution in [0.5, 0.6) is 0 Å². The van der Waals surface area contributed by atoms with E-state index in [1.165, 1.54) is 0 Å². The van der Waals surface area contributed by atoms with Crippen LogP contribution < -0.4 is 4.72 Å². The maximum absolute atomic E-state index is 12.0. The quantitative estimate of drug-likeness (QED) is 0.750. The van der Waals surface area contributed by atoms with E-state index < -0.39 is 25.1 Å². The van der Waals surface area contributed by atoms with Gasteiger partial charge in [0.15, 0.2) is 0 Å². The molecule has 0 amide bonds. The Morgan fingerprint density at radius 2 is 1.88 bits per heavy atom. The van der Waals surface area contributed by atoms with E-state index in [0.717, 1.165) is 0 Å². The van der Waals surface area contributed by atoms with Crippen molar-refractivity contribution in [3.8, 4) is 0 Å². The highest BCUT2D eigenvalue weighted by Gasteiger charge is 2.33. The lowest BCUT2D eigenvalue weighted by Crippen LogP contribution is -2.44. The Balaban J connectivity index is 2.66. The predicted octanol–water partition coefficient (Wildman–Crippen LogP) is 0.500. The summed E-state index contributed by atoms with van der Waals surface area (Å²) < 4.78 is 48.9. The Morgan fingerprint density at radius 3 is 2.29 bits per heavy atom. The van der Waals surface area contributed by atoms with Gasteiger partial charge in [0, 0.05) is 11.9 Å². The largest absolute Gasteiger partial charge is 0.229 e.